The van der Waals surface area contributed by atoms with E-state index in [2.05, 4.69) is 0 Å². The highest BCUT2D eigenvalue weighted by molar-refractivity contribution is 6.09. The van der Waals surface area contributed by atoms with Crippen molar-refractivity contribution in [2.75, 3.05) is 0 Å². The Morgan fingerprint density at radius 1 is 0.792 bits per heavy atom. The van der Waals surface area contributed by atoms with Gasteiger partial charge in [0, 0.05) is 11.1 Å². The van der Waals surface area contributed by atoms with Gasteiger partial charge < -0.3 is 20.4 Å². The van der Waals surface area contributed by atoms with E-state index in [9.17, 15) is 24.9 Å². The second-order valence-electron chi connectivity index (χ2n) is 5.24. The first-order chi connectivity index (χ1) is 11.4. The van der Waals surface area contributed by atoms with Gasteiger partial charge >= 0.3 is 11.9 Å². The van der Waals surface area contributed by atoms with Crippen LogP contribution in [-0.2, 0) is 0 Å². The molecule has 0 saturated carbocycles. The highest BCUT2D eigenvalue weighted by atomic mass is 16.4. The minimum absolute atomic E-state index is 0.0634. The van der Waals surface area contributed by atoms with Gasteiger partial charge in [0.25, 0.3) is 0 Å². The van der Waals surface area contributed by atoms with E-state index in [1.165, 1.54) is 48.5 Å². The summed E-state index contributed by atoms with van der Waals surface area (Å²) in [7, 11) is 0. The van der Waals surface area contributed by atoms with Crippen LogP contribution < -0.4 is 0 Å². The standard InChI is InChI=1S/C18H12O6/c19-11-3-6-15(20)14(8-11)16-12-4-2-10(17(21)22)7-9(12)1-5-13(16)18(23)24/h1-8,19-20H,(H,21,22)(H,23,24). The number of rotatable bonds is 3. The van der Waals surface area contributed by atoms with E-state index in [0.717, 1.165) is 0 Å². The lowest BCUT2D eigenvalue weighted by atomic mass is 9.91. The first kappa shape index (κ1) is 15.4. The molecule has 0 unspecified atom stereocenters. The number of phenolic OH excluding ortho intramolecular Hbond substituents is 2. The van der Waals surface area contributed by atoms with Gasteiger partial charge in [0.2, 0.25) is 0 Å². The predicted molar refractivity (Wildman–Crippen MR) is 86.6 cm³/mol. The Morgan fingerprint density at radius 3 is 2.21 bits per heavy atom. The SMILES string of the molecule is O=C(O)c1ccc2c(-c3cc(O)ccc3O)c(C(=O)O)ccc2c1. The zero-order valence-electron chi connectivity index (χ0n) is 12.2. The van der Waals surface area contributed by atoms with Crippen LogP contribution in [0, 0.1) is 0 Å². The van der Waals surface area contributed by atoms with Gasteiger partial charge in [0.1, 0.15) is 11.5 Å². The summed E-state index contributed by atoms with van der Waals surface area (Å²) in [6, 6.07) is 10.9. The maximum Gasteiger partial charge on any atom is 0.336 e. The van der Waals surface area contributed by atoms with E-state index in [4.69, 9.17) is 5.11 Å². The van der Waals surface area contributed by atoms with Crippen molar-refractivity contribution in [2.24, 2.45) is 0 Å². The number of carboxylic acids is 2. The summed E-state index contributed by atoms with van der Waals surface area (Å²) < 4.78 is 0. The first-order valence-electron chi connectivity index (χ1n) is 6.94. The number of hydrogen-bond acceptors (Lipinski definition) is 4. The molecule has 3 aromatic carbocycles. The second kappa shape index (κ2) is 5.58. The van der Waals surface area contributed by atoms with Crippen LogP contribution in [0.15, 0.2) is 48.5 Å². The summed E-state index contributed by atoms with van der Waals surface area (Å²) in [6.45, 7) is 0. The van der Waals surface area contributed by atoms with Crippen LogP contribution >= 0.6 is 0 Å². The number of carboxylic acid groups (broad SMARTS) is 2. The molecule has 24 heavy (non-hydrogen) atoms. The summed E-state index contributed by atoms with van der Waals surface area (Å²) in [5.74, 6) is -2.61. The summed E-state index contributed by atoms with van der Waals surface area (Å²) in [6.07, 6.45) is 0. The molecule has 0 aliphatic heterocycles. The Balaban J connectivity index is 2.42. The van der Waals surface area contributed by atoms with Gasteiger partial charge in [-0.2, -0.15) is 0 Å². The quantitative estimate of drug-likeness (QED) is 0.549. The zero-order valence-corrected chi connectivity index (χ0v) is 12.2. The van der Waals surface area contributed by atoms with Crippen molar-refractivity contribution in [1.29, 1.82) is 0 Å². The minimum atomic E-state index is -1.20. The van der Waals surface area contributed by atoms with Crippen molar-refractivity contribution in [3.05, 3.63) is 59.7 Å². The fourth-order valence-electron chi connectivity index (χ4n) is 2.66. The number of phenols is 2. The molecule has 3 aromatic rings. The van der Waals surface area contributed by atoms with Crippen LogP contribution in [0.5, 0.6) is 11.5 Å². The zero-order chi connectivity index (χ0) is 17.4. The molecule has 0 fully saturated rings. The van der Waals surface area contributed by atoms with E-state index >= 15 is 0 Å². The van der Waals surface area contributed by atoms with Crippen LogP contribution in [0.4, 0.5) is 0 Å². The average Bonchev–Trinajstić information content (AvgIpc) is 2.55. The molecule has 0 aliphatic rings. The Kier molecular flexibility index (Phi) is 3.57. The number of benzene rings is 3. The van der Waals surface area contributed by atoms with Crippen LogP contribution in [0.25, 0.3) is 21.9 Å². The van der Waals surface area contributed by atoms with Gasteiger partial charge in [-0.15, -0.1) is 0 Å². The Hall–Kier alpha value is -3.54. The predicted octanol–water partition coefficient (Wildman–Crippen LogP) is 3.31. The highest BCUT2D eigenvalue weighted by Gasteiger charge is 2.19. The van der Waals surface area contributed by atoms with E-state index in [0.29, 0.717) is 10.8 Å². The van der Waals surface area contributed by atoms with E-state index in [1.807, 2.05) is 0 Å². The van der Waals surface area contributed by atoms with E-state index in [-0.39, 0.29) is 33.8 Å². The lowest BCUT2D eigenvalue weighted by molar-refractivity contribution is 0.0686. The molecule has 0 radical (unpaired) electrons. The molecule has 6 nitrogen and oxygen atoms in total. The summed E-state index contributed by atoms with van der Waals surface area (Å²) in [5.41, 5.74) is 0.370. The molecule has 0 atom stereocenters. The number of aromatic hydroxyl groups is 2. The summed E-state index contributed by atoms with van der Waals surface area (Å²) in [5, 5.41) is 39.3. The topological polar surface area (TPSA) is 115 Å². The lowest BCUT2D eigenvalue weighted by Crippen LogP contribution is -2.01. The van der Waals surface area contributed by atoms with Crippen molar-refractivity contribution in [3.8, 4) is 22.6 Å². The van der Waals surface area contributed by atoms with Gasteiger partial charge in [-0.1, -0.05) is 12.1 Å². The van der Waals surface area contributed by atoms with Crippen molar-refractivity contribution < 1.29 is 30.0 Å². The van der Waals surface area contributed by atoms with Crippen LogP contribution in [-0.4, -0.2) is 32.4 Å². The molecule has 0 bridgehead atoms. The normalized spacial score (nSPS) is 10.7. The maximum absolute atomic E-state index is 11.6. The number of carbonyl (C=O) groups is 2. The number of hydrogen-bond donors (Lipinski definition) is 4. The average molecular weight is 324 g/mol. The van der Waals surface area contributed by atoms with Crippen molar-refractivity contribution >= 4 is 22.7 Å². The van der Waals surface area contributed by atoms with Crippen molar-refractivity contribution in [1.82, 2.24) is 0 Å². The molecule has 120 valence electrons. The molecule has 4 N–H and O–H groups in total. The van der Waals surface area contributed by atoms with Crippen LogP contribution in [0.3, 0.4) is 0 Å². The molecular weight excluding hydrogens is 312 g/mol. The number of aromatic carboxylic acids is 2. The summed E-state index contributed by atoms with van der Waals surface area (Å²) in [4.78, 5) is 22.7. The highest BCUT2D eigenvalue weighted by Crippen LogP contribution is 2.39. The van der Waals surface area contributed by atoms with E-state index < -0.39 is 11.9 Å². The second-order valence-corrected chi connectivity index (χ2v) is 5.24. The van der Waals surface area contributed by atoms with Gasteiger partial charge in [-0.05, 0) is 47.2 Å². The Labute approximate surface area is 135 Å². The largest absolute Gasteiger partial charge is 0.508 e. The molecule has 0 heterocycles. The smallest absolute Gasteiger partial charge is 0.336 e. The van der Waals surface area contributed by atoms with Crippen LogP contribution in [0.1, 0.15) is 20.7 Å². The maximum atomic E-state index is 11.6. The van der Waals surface area contributed by atoms with Gasteiger partial charge in [-0.3, -0.25) is 0 Å². The third kappa shape index (κ3) is 2.50. The number of fused-ring (bicyclic) bond motifs is 1. The Bertz CT molecular complexity index is 990. The molecule has 6 heteroatoms. The molecule has 0 aromatic heterocycles. The van der Waals surface area contributed by atoms with Crippen LogP contribution in [0.2, 0.25) is 0 Å². The van der Waals surface area contributed by atoms with Gasteiger partial charge in [0.15, 0.2) is 0 Å². The fraction of sp³-hybridized carbons (Fsp3) is 0. The molecule has 0 spiro atoms. The van der Waals surface area contributed by atoms with E-state index in [1.54, 1.807) is 0 Å². The fourth-order valence-corrected chi connectivity index (χ4v) is 2.66. The molecular formula is C18H12O6. The van der Waals surface area contributed by atoms with Crippen molar-refractivity contribution in [3.63, 3.8) is 0 Å². The molecule has 3 rings (SSSR count). The third-order valence-electron chi connectivity index (χ3n) is 3.75. The molecule has 0 amide bonds. The van der Waals surface area contributed by atoms with Gasteiger partial charge in [-0.25, -0.2) is 9.59 Å². The minimum Gasteiger partial charge on any atom is -0.508 e. The third-order valence-corrected chi connectivity index (χ3v) is 3.75. The van der Waals surface area contributed by atoms with Gasteiger partial charge in [0.05, 0.1) is 11.1 Å². The molecule has 0 saturated heterocycles. The first-order valence-corrected chi connectivity index (χ1v) is 6.94. The molecule has 0 aliphatic carbocycles. The monoisotopic (exact) mass is 324 g/mol. The Morgan fingerprint density at radius 2 is 1.54 bits per heavy atom. The lowest BCUT2D eigenvalue weighted by Gasteiger charge is -2.13. The van der Waals surface area contributed by atoms with Crippen molar-refractivity contribution in [2.45, 2.75) is 0 Å². The summed E-state index contributed by atoms with van der Waals surface area (Å²) >= 11 is 0.